The minimum atomic E-state index is -0.452. The highest BCUT2D eigenvalue weighted by Gasteiger charge is 2.26. The highest BCUT2D eigenvalue weighted by molar-refractivity contribution is 5.89. The van der Waals surface area contributed by atoms with Crippen molar-refractivity contribution in [1.29, 1.82) is 5.26 Å². The molecule has 186 valence electrons. The van der Waals surface area contributed by atoms with Crippen molar-refractivity contribution in [2.24, 2.45) is 5.73 Å². The van der Waals surface area contributed by atoms with Gasteiger partial charge < -0.3 is 20.3 Å². The molecule has 0 aliphatic carbocycles. The molecular weight excluding hydrogens is 460 g/mol. The van der Waals surface area contributed by atoms with Crippen LogP contribution in [-0.4, -0.2) is 54.7 Å². The maximum absolute atomic E-state index is 13.9. The first-order valence-electron chi connectivity index (χ1n) is 12.1. The number of nitrogens with zero attached hydrogens (tertiary/aromatic N) is 7. The van der Waals surface area contributed by atoms with Crippen LogP contribution in [-0.2, 0) is 19.6 Å². The van der Waals surface area contributed by atoms with Gasteiger partial charge in [0.2, 0.25) is 5.95 Å². The van der Waals surface area contributed by atoms with Crippen LogP contribution in [0.4, 0.5) is 5.95 Å². The standard InChI is InChI=1S/C25H28N8O3/c1-2-31-22-21(29-25(31)30-9-5-6-17(27)14-30)23(35)32(10-11-34)33(24(22)36)15-20-19-8-4-3-7-18(19)16(12-26)13-28-20/h3-4,7-8,13,17,34H,2,5-6,9-11,14-15,27H2,1H3. The van der Waals surface area contributed by atoms with Crippen molar-refractivity contribution in [2.75, 3.05) is 24.6 Å². The van der Waals surface area contributed by atoms with Crippen LogP contribution >= 0.6 is 0 Å². The second kappa shape index (κ2) is 9.56. The van der Waals surface area contributed by atoms with Crippen LogP contribution in [0.1, 0.15) is 31.0 Å². The summed E-state index contributed by atoms with van der Waals surface area (Å²) in [7, 11) is 0. The number of aliphatic hydroxyl groups excluding tert-OH is 1. The van der Waals surface area contributed by atoms with E-state index >= 15 is 0 Å². The van der Waals surface area contributed by atoms with Gasteiger partial charge in [-0.25, -0.2) is 14.3 Å². The topological polar surface area (TPSA) is 148 Å². The number of hydrogen-bond acceptors (Lipinski definition) is 8. The number of aromatic nitrogens is 5. The van der Waals surface area contributed by atoms with E-state index in [0.717, 1.165) is 30.2 Å². The van der Waals surface area contributed by atoms with Crippen molar-refractivity contribution in [3.8, 4) is 6.07 Å². The Labute approximate surface area is 206 Å². The first-order chi connectivity index (χ1) is 17.5. The molecule has 0 spiro atoms. The predicted octanol–water partition coefficient (Wildman–Crippen LogP) is 0.768. The third-order valence-corrected chi connectivity index (χ3v) is 6.78. The molecule has 3 aromatic heterocycles. The van der Waals surface area contributed by atoms with Gasteiger partial charge in [-0.2, -0.15) is 5.26 Å². The normalized spacial score (nSPS) is 16.1. The van der Waals surface area contributed by atoms with E-state index in [1.165, 1.54) is 15.6 Å². The largest absolute Gasteiger partial charge is 0.394 e. The van der Waals surface area contributed by atoms with Gasteiger partial charge in [-0.3, -0.25) is 14.6 Å². The number of aryl methyl sites for hydroxylation is 1. The third-order valence-electron chi connectivity index (χ3n) is 6.78. The van der Waals surface area contributed by atoms with Crippen LogP contribution in [0.3, 0.4) is 0 Å². The molecule has 11 heteroatoms. The van der Waals surface area contributed by atoms with Gasteiger partial charge in [0.25, 0.3) is 11.1 Å². The van der Waals surface area contributed by atoms with E-state index in [-0.39, 0.29) is 36.8 Å². The summed E-state index contributed by atoms with van der Waals surface area (Å²) in [5.74, 6) is 0.562. The Bertz CT molecular complexity index is 1610. The number of fused-ring (bicyclic) bond motifs is 2. The number of rotatable bonds is 6. The summed E-state index contributed by atoms with van der Waals surface area (Å²) >= 11 is 0. The lowest BCUT2D eigenvalue weighted by atomic mass is 10.1. The molecular formula is C25H28N8O3. The molecule has 4 aromatic rings. The highest BCUT2D eigenvalue weighted by Crippen LogP contribution is 2.23. The van der Waals surface area contributed by atoms with Gasteiger partial charge in [0, 0.05) is 42.6 Å². The van der Waals surface area contributed by atoms with E-state index in [2.05, 4.69) is 16.0 Å². The Hall–Kier alpha value is -4.01. The summed E-state index contributed by atoms with van der Waals surface area (Å²) in [5, 5.41) is 20.6. The van der Waals surface area contributed by atoms with Crippen molar-refractivity contribution in [2.45, 2.75) is 45.4 Å². The minimum Gasteiger partial charge on any atom is -0.394 e. The number of nitriles is 1. The number of nitrogens with two attached hydrogens (primary N) is 1. The molecule has 0 amide bonds. The first kappa shape index (κ1) is 23.7. The Kier molecular flexibility index (Phi) is 6.30. The molecule has 36 heavy (non-hydrogen) atoms. The van der Waals surface area contributed by atoms with Crippen molar-refractivity contribution in [3.05, 3.63) is 62.4 Å². The number of anilines is 1. The van der Waals surface area contributed by atoms with Crippen LogP contribution in [0.2, 0.25) is 0 Å². The van der Waals surface area contributed by atoms with Gasteiger partial charge in [0.05, 0.1) is 31.0 Å². The van der Waals surface area contributed by atoms with Crippen molar-refractivity contribution in [3.63, 3.8) is 0 Å². The number of aliphatic hydroxyl groups is 1. The van der Waals surface area contributed by atoms with Crippen LogP contribution in [0.25, 0.3) is 21.8 Å². The second-order valence-corrected chi connectivity index (χ2v) is 8.99. The van der Waals surface area contributed by atoms with E-state index in [1.54, 1.807) is 4.57 Å². The number of hydrogen-bond donors (Lipinski definition) is 2. The van der Waals surface area contributed by atoms with Gasteiger partial charge in [-0.05, 0) is 19.8 Å². The van der Waals surface area contributed by atoms with E-state index < -0.39 is 11.1 Å². The molecule has 1 atom stereocenters. The first-order valence-corrected chi connectivity index (χ1v) is 12.1. The molecule has 0 radical (unpaired) electrons. The Balaban J connectivity index is 1.73. The Morgan fingerprint density at radius 3 is 2.67 bits per heavy atom. The fourth-order valence-electron chi connectivity index (χ4n) is 5.09. The van der Waals surface area contributed by atoms with Gasteiger partial charge in [0.1, 0.15) is 11.6 Å². The maximum Gasteiger partial charge on any atom is 0.293 e. The van der Waals surface area contributed by atoms with Gasteiger partial charge >= 0.3 is 0 Å². The van der Waals surface area contributed by atoms with Gasteiger partial charge in [-0.1, -0.05) is 24.3 Å². The fraction of sp³-hybridized carbons (Fsp3) is 0.400. The lowest BCUT2D eigenvalue weighted by Gasteiger charge is -2.31. The molecule has 1 aliphatic rings. The summed E-state index contributed by atoms with van der Waals surface area (Å²) in [6, 6.07) is 9.48. The van der Waals surface area contributed by atoms with E-state index in [0.29, 0.717) is 30.3 Å². The van der Waals surface area contributed by atoms with Crippen LogP contribution in [0.5, 0.6) is 0 Å². The van der Waals surface area contributed by atoms with E-state index in [1.807, 2.05) is 36.1 Å². The summed E-state index contributed by atoms with van der Waals surface area (Å²) in [6.45, 7) is 3.31. The molecule has 5 rings (SSSR count). The summed E-state index contributed by atoms with van der Waals surface area (Å²) < 4.78 is 4.33. The van der Waals surface area contributed by atoms with Gasteiger partial charge in [0.15, 0.2) is 5.52 Å². The van der Waals surface area contributed by atoms with E-state index in [9.17, 15) is 20.0 Å². The van der Waals surface area contributed by atoms with Crippen LogP contribution in [0.15, 0.2) is 40.1 Å². The van der Waals surface area contributed by atoms with Crippen molar-refractivity contribution >= 4 is 27.8 Å². The lowest BCUT2D eigenvalue weighted by Crippen LogP contribution is -2.44. The molecule has 1 saturated heterocycles. The predicted molar refractivity (Wildman–Crippen MR) is 136 cm³/mol. The smallest absolute Gasteiger partial charge is 0.293 e. The minimum absolute atomic E-state index is 0.00214. The SMILES string of the molecule is CCn1c(N2CCCC(N)C2)nc2c(=O)n(CCO)n(Cc3ncc(C#N)c4ccccc34)c(=O)c21. The molecule has 1 unspecified atom stereocenters. The molecule has 11 nitrogen and oxygen atoms in total. The fourth-order valence-corrected chi connectivity index (χ4v) is 5.09. The monoisotopic (exact) mass is 488 g/mol. The number of pyridine rings is 1. The molecule has 1 fully saturated rings. The average Bonchev–Trinajstić information content (AvgIpc) is 3.29. The zero-order valence-corrected chi connectivity index (χ0v) is 20.1. The number of piperidine rings is 1. The molecule has 1 aliphatic heterocycles. The molecule has 1 aromatic carbocycles. The zero-order chi connectivity index (χ0) is 25.4. The Morgan fingerprint density at radius 1 is 1.19 bits per heavy atom. The molecule has 0 bridgehead atoms. The Morgan fingerprint density at radius 2 is 1.97 bits per heavy atom. The summed E-state index contributed by atoms with van der Waals surface area (Å²) in [5.41, 5.74) is 6.62. The summed E-state index contributed by atoms with van der Waals surface area (Å²) in [4.78, 5) is 38.6. The molecule has 4 heterocycles. The molecule has 0 saturated carbocycles. The van der Waals surface area contributed by atoms with E-state index in [4.69, 9.17) is 5.73 Å². The highest BCUT2D eigenvalue weighted by atomic mass is 16.3. The second-order valence-electron chi connectivity index (χ2n) is 8.99. The molecule has 3 N–H and O–H groups in total. The number of imidazole rings is 1. The van der Waals surface area contributed by atoms with Crippen molar-refractivity contribution < 1.29 is 5.11 Å². The lowest BCUT2D eigenvalue weighted by molar-refractivity contribution is 0.252. The van der Waals surface area contributed by atoms with Crippen molar-refractivity contribution in [1.82, 2.24) is 23.9 Å². The van der Waals surface area contributed by atoms with Crippen LogP contribution < -0.4 is 21.8 Å². The maximum atomic E-state index is 13.9. The third kappa shape index (κ3) is 3.84. The van der Waals surface area contributed by atoms with Crippen LogP contribution in [0, 0.1) is 11.3 Å². The number of benzene rings is 1. The van der Waals surface area contributed by atoms with Gasteiger partial charge in [-0.15, -0.1) is 0 Å². The quantitative estimate of drug-likeness (QED) is 0.404. The average molecular weight is 489 g/mol. The summed E-state index contributed by atoms with van der Waals surface area (Å²) in [6.07, 6.45) is 3.30. The zero-order valence-electron chi connectivity index (χ0n) is 20.1.